The molecule has 6 rings (SSSR count). The van der Waals surface area contributed by atoms with Gasteiger partial charge in [0.1, 0.15) is 12.4 Å². The molecule has 2 aromatic carbocycles. The summed E-state index contributed by atoms with van der Waals surface area (Å²) in [6, 6.07) is 20.1. The molecule has 0 radical (unpaired) electrons. The number of nitrogens with zero attached hydrogens (tertiary/aromatic N) is 2. The second kappa shape index (κ2) is 8.60. The Morgan fingerprint density at radius 2 is 1.97 bits per heavy atom. The van der Waals surface area contributed by atoms with Crippen LogP contribution in [0.1, 0.15) is 34.0 Å². The smallest absolute Gasteiger partial charge is 0.271 e. The van der Waals surface area contributed by atoms with Crippen molar-refractivity contribution < 1.29 is 4.74 Å². The van der Waals surface area contributed by atoms with Gasteiger partial charge in [0.2, 0.25) is 0 Å². The van der Waals surface area contributed by atoms with Gasteiger partial charge in [-0.15, -0.1) is 17.8 Å². The molecule has 2 aromatic heterocycles. The third kappa shape index (κ3) is 3.54. The third-order valence-corrected chi connectivity index (χ3v) is 8.09. The van der Waals surface area contributed by atoms with Crippen LogP contribution in [0.15, 0.2) is 81.4 Å². The van der Waals surface area contributed by atoms with Gasteiger partial charge < -0.3 is 4.74 Å². The molecule has 0 amide bonds. The summed E-state index contributed by atoms with van der Waals surface area (Å²) < 4.78 is 8.02. The molecule has 0 bridgehead atoms. The molecule has 4 nitrogen and oxygen atoms in total. The first-order valence-electron chi connectivity index (χ1n) is 11.1. The SMILES string of the molecule is C#CCOc1ccc(C=c2sc3n(c2=O)C(c2cccs2)C2=C(N=3)c3ccccc3CC2)cc1. The molecule has 0 saturated heterocycles. The molecule has 0 saturated carbocycles. The van der Waals surface area contributed by atoms with Crippen LogP contribution in [-0.2, 0) is 6.42 Å². The molecule has 4 aromatic rings. The van der Waals surface area contributed by atoms with E-state index >= 15 is 0 Å². The molecule has 166 valence electrons. The maximum atomic E-state index is 13.7. The summed E-state index contributed by atoms with van der Waals surface area (Å²) in [6.07, 6.45) is 9.06. The predicted octanol–water partition coefficient (Wildman–Crippen LogP) is 4.39. The lowest BCUT2D eigenvalue weighted by molar-refractivity contribution is 0.370. The average molecular weight is 481 g/mol. The van der Waals surface area contributed by atoms with Crippen LogP contribution in [0.4, 0.5) is 0 Å². The van der Waals surface area contributed by atoms with Crippen LogP contribution in [0.3, 0.4) is 0 Å². The number of rotatable bonds is 4. The van der Waals surface area contributed by atoms with Crippen molar-refractivity contribution in [3.8, 4) is 18.1 Å². The van der Waals surface area contributed by atoms with Gasteiger partial charge in [0, 0.05) is 10.4 Å². The normalized spacial score (nSPS) is 16.8. The third-order valence-electron chi connectivity index (χ3n) is 6.19. The van der Waals surface area contributed by atoms with Crippen LogP contribution in [-0.4, -0.2) is 11.2 Å². The summed E-state index contributed by atoms with van der Waals surface area (Å²) in [7, 11) is 0. The number of benzene rings is 2. The van der Waals surface area contributed by atoms with E-state index in [2.05, 4.69) is 47.7 Å². The molecular formula is C28H20N2O2S2. The van der Waals surface area contributed by atoms with Crippen molar-refractivity contribution in [3.05, 3.63) is 113 Å². The minimum Gasteiger partial charge on any atom is -0.481 e. The van der Waals surface area contributed by atoms with Gasteiger partial charge in [-0.3, -0.25) is 9.36 Å². The molecule has 1 unspecified atom stereocenters. The van der Waals surface area contributed by atoms with Crippen LogP contribution >= 0.6 is 22.7 Å². The summed E-state index contributed by atoms with van der Waals surface area (Å²) in [5.74, 6) is 3.17. The molecular weight excluding hydrogens is 460 g/mol. The Morgan fingerprint density at radius 1 is 1.12 bits per heavy atom. The summed E-state index contributed by atoms with van der Waals surface area (Å²) in [4.78, 5) is 20.6. The Labute approximate surface area is 204 Å². The largest absolute Gasteiger partial charge is 0.481 e. The number of aryl methyl sites for hydroxylation is 1. The minimum atomic E-state index is -0.110. The fraction of sp³-hybridized carbons (Fsp3) is 0.143. The fourth-order valence-corrected chi connectivity index (χ4v) is 6.50. The van der Waals surface area contributed by atoms with E-state index in [0.717, 1.165) is 28.9 Å². The highest BCUT2D eigenvalue weighted by molar-refractivity contribution is 7.10. The number of ether oxygens (including phenoxy) is 1. The number of thiazole rings is 1. The van der Waals surface area contributed by atoms with E-state index in [1.54, 1.807) is 11.3 Å². The van der Waals surface area contributed by atoms with Gasteiger partial charge >= 0.3 is 0 Å². The highest BCUT2D eigenvalue weighted by atomic mass is 32.1. The summed E-state index contributed by atoms with van der Waals surface area (Å²) in [5, 5.41) is 2.08. The van der Waals surface area contributed by atoms with Crippen molar-refractivity contribution in [2.24, 2.45) is 4.99 Å². The maximum absolute atomic E-state index is 13.7. The zero-order valence-corrected chi connectivity index (χ0v) is 19.9. The Bertz CT molecular complexity index is 1630. The van der Waals surface area contributed by atoms with Gasteiger partial charge in [-0.05, 0) is 59.2 Å². The number of aromatic nitrogens is 1. The number of thiophene rings is 1. The number of fused-ring (bicyclic) bond motifs is 3. The molecule has 0 spiro atoms. The van der Waals surface area contributed by atoms with E-state index in [1.165, 1.54) is 32.9 Å². The van der Waals surface area contributed by atoms with Crippen molar-refractivity contribution in [2.75, 3.05) is 6.61 Å². The van der Waals surface area contributed by atoms with E-state index in [4.69, 9.17) is 16.2 Å². The van der Waals surface area contributed by atoms with Crippen LogP contribution in [0, 0.1) is 12.3 Å². The lowest BCUT2D eigenvalue weighted by Gasteiger charge is -2.30. The van der Waals surface area contributed by atoms with Crippen molar-refractivity contribution >= 4 is 34.4 Å². The molecule has 1 aliphatic heterocycles. The number of terminal acetylenes is 1. The Morgan fingerprint density at radius 3 is 2.76 bits per heavy atom. The van der Waals surface area contributed by atoms with Crippen molar-refractivity contribution in [1.82, 2.24) is 4.57 Å². The second-order valence-electron chi connectivity index (χ2n) is 8.19. The van der Waals surface area contributed by atoms with Crippen LogP contribution < -0.4 is 19.6 Å². The molecule has 3 heterocycles. The zero-order valence-electron chi connectivity index (χ0n) is 18.2. The minimum absolute atomic E-state index is 0.000201. The van der Waals surface area contributed by atoms with E-state index in [-0.39, 0.29) is 18.2 Å². The highest BCUT2D eigenvalue weighted by Crippen LogP contribution is 2.42. The van der Waals surface area contributed by atoms with Crippen LogP contribution in [0.5, 0.6) is 5.75 Å². The Kier molecular flexibility index (Phi) is 5.29. The Hall–Kier alpha value is -3.66. The molecule has 2 aliphatic rings. The summed E-state index contributed by atoms with van der Waals surface area (Å²) in [6.45, 7) is 0.231. The molecule has 6 heteroatoms. The average Bonchev–Trinajstić information content (AvgIpc) is 3.51. The Balaban J connectivity index is 1.51. The first-order valence-corrected chi connectivity index (χ1v) is 12.8. The molecule has 1 atom stereocenters. The number of hydrogen-bond donors (Lipinski definition) is 0. The first kappa shape index (κ1) is 20.9. The highest BCUT2D eigenvalue weighted by Gasteiger charge is 2.32. The predicted molar refractivity (Wildman–Crippen MR) is 138 cm³/mol. The molecule has 34 heavy (non-hydrogen) atoms. The quantitative estimate of drug-likeness (QED) is 0.407. The lowest BCUT2D eigenvalue weighted by Crippen LogP contribution is -2.38. The van der Waals surface area contributed by atoms with E-state index in [9.17, 15) is 4.79 Å². The standard InChI is InChI=1S/C28H20N2O2S2/c1-2-15-32-20-12-9-18(10-13-20)17-24-27(31)30-26(23-8-5-16-33-23)22-14-11-19-6-3-4-7-21(19)25(22)29-28(30)34-24/h1,3-10,12-13,16-17,26H,11,14-15H2. The first-order chi connectivity index (χ1) is 16.7. The second-order valence-corrected chi connectivity index (χ2v) is 10.2. The number of allylic oxidation sites excluding steroid dienone is 1. The molecule has 1 aliphatic carbocycles. The van der Waals surface area contributed by atoms with Gasteiger partial charge in [0.15, 0.2) is 4.80 Å². The van der Waals surface area contributed by atoms with Gasteiger partial charge in [-0.1, -0.05) is 59.7 Å². The van der Waals surface area contributed by atoms with Gasteiger partial charge in [-0.25, -0.2) is 4.99 Å². The van der Waals surface area contributed by atoms with Gasteiger partial charge in [-0.2, -0.15) is 0 Å². The monoisotopic (exact) mass is 480 g/mol. The van der Waals surface area contributed by atoms with Crippen molar-refractivity contribution in [2.45, 2.75) is 18.9 Å². The maximum Gasteiger partial charge on any atom is 0.271 e. The fourth-order valence-electron chi connectivity index (χ4n) is 4.65. The summed E-state index contributed by atoms with van der Waals surface area (Å²) in [5.41, 5.74) is 5.70. The van der Waals surface area contributed by atoms with E-state index in [0.29, 0.717) is 10.3 Å². The van der Waals surface area contributed by atoms with Gasteiger partial charge in [0.05, 0.1) is 16.3 Å². The molecule has 0 N–H and O–H groups in total. The van der Waals surface area contributed by atoms with Crippen molar-refractivity contribution in [3.63, 3.8) is 0 Å². The van der Waals surface area contributed by atoms with Crippen molar-refractivity contribution in [1.29, 1.82) is 0 Å². The van der Waals surface area contributed by atoms with E-state index < -0.39 is 0 Å². The molecule has 0 fully saturated rings. The zero-order chi connectivity index (χ0) is 23.1. The number of hydrogen-bond acceptors (Lipinski definition) is 5. The van der Waals surface area contributed by atoms with Crippen LogP contribution in [0.25, 0.3) is 11.8 Å². The topological polar surface area (TPSA) is 43.6 Å². The van der Waals surface area contributed by atoms with Crippen LogP contribution in [0.2, 0.25) is 0 Å². The van der Waals surface area contributed by atoms with Gasteiger partial charge in [0.25, 0.3) is 5.56 Å². The van der Waals surface area contributed by atoms with E-state index in [1.807, 2.05) is 34.9 Å². The lowest BCUT2D eigenvalue weighted by atomic mass is 9.85. The summed E-state index contributed by atoms with van der Waals surface area (Å²) >= 11 is 3.14.